The fourth-order valence-electron chi connectivity index (χ4n) is 1.44. The third kappa shape index (κ3) is 3.50. The van der Waals surface area contributed by atoms with Crippen molar-refractivity contribution in [2.75, 3.05) is 18.2 Å². The van der Waals surface area contributed by atoms with Gasteiger partial charge < -0.3 is 10.4 Å². The molecule has 1 atom stereocenters. The van der Waals surface area contributed by atoms with Gasteiger partial charge in [-0.3, -0.25) is 0 Å². The molecule has 0 amide bonds. The molecule has 0 aliphatic carbocycles. The van der Waals surface area contributed by atoms with E-state index in [9.17, 15) is 8.42 Å². The van der Waals surface area contributed by atoms with Crippen LogP contribution in [0.5, 0.6) is 0 Å². The Morgan fingerprint density at radius 2 is 2.00 bits per heavy atom. The molecular weight excluding hydrogens is 226 g/mol. The van der Waals surface area contributed by atoms with Crippen molar-refractivity contribution in [2.24, 2.45) is 0 Å². The van der Waals surface area contributed by atoms with Crippen LogP contribution in [-0.4, -0.2) is 32.4 Å². The zero-order chi connectivity index (χ0) is 12.2. The van der Waals surface area contributed by atoms with E-state index in [-0.39, 0.29) is 12.6 Å². The molecule has 1 unspecified atom stereocenters. The molecule has 1 rings (SSSR count). The lowest BCUT2D eigenvalue weighted by molar-refractivity contribution is 0.282. The standard InChI is InChI=1S/C11H17NO3S/c1-9(7-8-13)12-10-5-3-4-6-11(10)16(2,14)15/h3-6,9,12-13H,7-8H2,1-2H3. The molecule has 4 nitrogen and oxygen atoms in total. The highest BCUT2D eigenvalue weighted by atomic mass is 32.2. The van der Waals surface area contributed by atoms with E-state index in [2.05, 4.69) is 5.32 Å². The number of para-hydroxylation sites is 1. The SMILES string of the molecule is CC(CCO)Nc1ccccc1S(C)(=O)=O. The van der Waals surface area contributed by atoms with Crippen LogP contribution < -0.4 is 5.32 Å². The number of rotatable bonds is 5. The maximum Gasteiger partial charge on any atom is 0.177 e. The second-order valence-electron chi connectivity index (χ2n) is 3.83. The third-order valence-corrected chi connectivity index (χ3v) is 3.41. The molecule has 0 aliphatic rings. The number of hydrogen-bond acceptors (Lipinski definition) is 4. The summed E-state index contributed by atoms with van der Waals surface area (Å²) in [5.41, 5.74) is 0.589. The summed E-state index contributed by atoms with van der Waals surface area (Å²) in [4.78, 5) is 0.291. The highest BCUT2D eigenvalue weighted by Crippen LogP contribution is 2.21. The fourth-order valence-corrected chi connectivity index (χ4v) is 2.29. The zero-order valence-electron chi connectivity index (χ0n) is 9.47. The zero-order valence-corrected chi connectivity index (χ0v) is 10.3. The molecule has 0 fully saturated rings. The number of sulfone groups is 1. The largest absolute Gasteiger partial charge is 0.396 e. The van der Waals surface area contributed by atoms with E-state index in [1.54, 1.807) is 24.3 Å². The molecule has 16 heavy (non-hydrogen) atoms. The summed E-state index contributed by atoms with van der Waals surface area (Å²) in [6.07, 6.45) is 1.77. The maximum absolute atomic E-state index is 11.5. The van der Waals surface area contributed by atoms with Crippen molar-refractivity contribution >= 4 is 15.5 Å². The van der Waals surface area contributed by atoms with Crippen LogP contribution in [0.4, 0.5) is 5.69 Å². The molecule has 0 aromatic heterocycles. The Hall–Kier alpha value is -1.07. The van der Waals surface area contributed by atoms with Gasteiger partial charge in [-0.05, 0) is 25.5 Å². The molecule has 0 saturated heterocycles. The van der Waals surface area contributed by atoms with E-state index >= 15 is 0 Å². The van der Waals surface area contributed by atoms with Crippen LogP contribution in [0.25, 0.3) is 0 Å². The lowest BCUT2D eigenvalue weighted by Gasteiger charge is -2.16. The normalized spacial score (nSPS) is 13.4. The smallest absolute Gasteiger partial charge is 0.177 e. The Bertz CT molecular complexity index is 442. The fraction of sp³-hybridized carbons (Fsp3) is 0.455. The van der Waals surface area contributed by atoms with Gasteiger partial charge in [0.1, 0.15) is 0 Å². The average molecular weight is 243 g/mol. The molecule has 0 heterocycles. The molecule has 0 saturated carbocycles. The van der Waals surface area contributed by atoms with E-state index in [0.29, 0.717) is 17.0 Å². The van der Waals surface area contributed by atoms with Crippen molar-refractivity contribution in [3.63, 3.8) is 0 Å². The van der Waals surface area contributed by atoms with E-state index in [4.69, 9.17) is 5.11 Å². The minimum Gasteiger partial charge on any atom is -0.396 e. The van der Waals surface area contributed by atoms with Gasteiger partial charge in [0, 0.05) is 18.9 Å². The molecule has 5 heteroatoms. The maximum atomic E-state index is 11.5. The van der Waals surface area contributed by atoms with Crippen molar-refractivity contribution in [2.45, 2.75) is 24.3 Å². The molecule has 1 aromatic rings. The topological polar surface area (TPSA) is 66.4 Å². The van der Waals surface area contributed by atoms with Crippen LogP contribution in [0.15, 0.2) is 29.2 Å². The van der Waals surface area contributed by atoms with Gasteiger partial charge in [-0.15, -0.1) is 0 Å². The summed E-state index contributed by atoms with van der Waals surface area (Å²) < 4.78 is 23.0. The van der Waals surface area contributed by atoms with Gasteiger partial charge in [0.05, 0.1) is 10.6 Å². The Morgan fingerprint density at radius 3 is 2.56 bits per heavy atom. The first-order valence-electron chi connectivity index (χ1n) is 5.11. The Morgan fingerprint density at radius 1 is 1.38 bits per heavy atom. The lowest BCUT2D eigenvalue weighted by atomic mass is 10.2. The van der Waals surface area contributed by atoms with Gasteiger partial charge >= 0.3 is 0 Å². The Balaban J connectivity index is 2.96. The number of hydrogen-bond donors (Lipinski definition) is 2. The number of anilines is 1. The minimum atomic E-state index is -3.22. The molecular formula is C11H17NO3S. The number of nitrogens with one attached hydrogen (secondary N) is 1. The number of aliphatic hydroxyl groups is 1. The number of benzene rings is 1. The quantitative estimate of drug-likeness (QED) is 0.817. The van der Waals surface area contributed by atoms with Gasteiger partial charge in [0.2, 0.25) is 0 Å². The van der Waals surface area contributed by atoms with E-state index in [0.717, 1.165) is 0 Å². The molecule has 0 bridgehead atoms. The van der Waals surface area contributed by atoms with E-state index < -0.39 is 9.84 Å². The molecule has 0 radical (unpaired) electrons. The van der Waals surface area contributed by atoms with Crippen LogP contribution in [-0.2, 0) is 9.84 Å². The summed E-state index contributed by atoms with van der Waals surface area (Å²) >= 11 is 0. The summed E-state index contributed by atoms with van der Waals surface area (Å²) in [5.74, 6) is 0. The van der Waals surface area contributed by atoms with Gasteiger partial charge in [-0.1, -0.05) is 12.1 Å². The second kappa shape index (κ2) is 5.32. The van der Waals surface area contributed by atoms with Gasteiger partial charge in [-0.25, -0.2) is 8.42 Å². The van der Waals surface area contributed by atoms with Crippen LogP contribution in [0.3, 0.4) is 0 Å². The van der Waals surface area contributed by atoms with E-state index in [1.165, 1.54) is 6.26 Å². The monoisotopic (exact) mass is 243 g/mol. The minimum absolute atomic E-state index is 0.0351. The third-order valence-electron chi connectivity index (χ3n) is 2.25. The average Bonchev–Trinajstić information content (AvgIpc) is 2.17. The van der Waals surface area contributed by atoms with Gasteiger partial charge in [0.15, 0.2) is 9.84 Å². The summed E-state index contributed by atoms with van der Waals surface area (Å²) in [6.45, 7) is 1.98. The highest BCUT2D eigenvalue weighted by molar-refractivity contribution is 7.90. The first-order chi connectivity index (χ1) is 7.45. The first kappa shape index (κ1) is 13.0. The van der Waals surface area contributed by atoms with Crippen molar-refractivity contribution in [1.82, 2.24) is 0 Å². The molecule has 0 aliphatic heterocycles. The van der Waals surface area contributed by atoms with Crippen LogP contribution in [0, 0.1) is 0 Å². The molecule has 1 aromatic carbocycles. The summed E-state index contributed by atoms with van der Waals surface area (Å²) in [6, 6.07) is 6.81. The number of aliphatic hydroxyl groups excluding tert-OH is 1. The predicted molar refractivity (Wildman–Crippen MR) is 64.3 cm³/mol. The van der Waals surface area contributed by atoms with Gasteiger partial charge in [-0.2, -0.15) is 0 Å². The van der Waals surface area contributed by atoms with Crippen molar-refractivity contribution < 1.29 is 13.5 Å². The lowest BCUT2D eigenvalue weighted by Crippen LogP contribution is -2.18. The van der Waals surface area contributed by atoms with Crippen LogP contribution in [0.2, 0.25) is 0 Å². The summed E-state index contributed by atoms with van der Waals surface area (Å²) in [7, 11) is -3.22. The summed E-state index contributed by atoms with van der Waals surface area (Å²) in [5, 5.41) is 11.9. The van der Waals surface area contributed by atoms with Crippen LogP contribution >= 0.6 is 0 Å². The van der Waals surface area contributed by atoms with Crippen molar-refractivity contribution in [3.8, 4) is 0 Å². The van der Waals surface area contributed by atoms with Gasteiger partial charge in [0.25, 0.3) is 0 Å². The molecule has 90 valence electrons. The predicted octanol–water partition coefficient (Wildman–Crippen LogP) is 1.27. The van der Waals surface area contributed by atoms with E-state index in [1.807, 2.05) is 6.92 Å². The van der Waals surface area contributed by atoms with Crippen molar-refractivity contribution in [3.05, 3.63) is 24.3 Å². The first-order valence-corrected chi connectivity index (χ1v) is 7.00. The Kier molecular flexibility index (Phi) is 4.32. The highest BCUT2D eigenvalue weighted by Gasteiger charge is 2.13. The molecule has 0 spiro atoms. The van der Waals surface area contributed by atoms with Crippen molar-refractivity contribution in [1.29, 1.82) is 0 Å². The Labute approximate surface area is 96.2 Å². The molecule has 2 N–H and O–H groups in total. The van der Waals surface area contributed by atoms with Crippen LogP contribution in [0.1, 0.15) is 13.3 Å². The second-order valence-corrected chi connectivity index (χ2v) is 5.81.